The molecule has 0 bridgehead atoms. The van der Waals surface area contributed by atoms with Gasteiger partial charge in [-0.15, -0.1) is 0 Å². The molecule has 66 valence electrons. The fourth-order valence-corrected chi connectivity index (χ4v) is 0.842. The molecule has 1 aromatic rings. The summed E-state index contributed by atoms with van der Waals surface area (Å²) in [6.07, 6.45) is 1.49. The van der Waals surface area contributed by atoms with Gasteiger partial charge in [-0.3, -0.25) is 0 Å². The van der Waals surface area contributed by atoms with Gasteiger partial charge in [0.15, 0.2) is 0 Å². The Bertz CT molecular complexity index is 291. The summed E-state index contributed by atoms with van der Waals surface area (Å²) in [6.45, 7) is 6.01. The number of hydrogen-bond donors (Lipinski definition) is 1. The molecule has 1 rings (SSSR count). The van der Waals surface area contributed by atoms with E-state index in [1.165, 1.54) is 6.26 Å². The maximum absolute atomic E-state index is 10.4. The van der Waals surface area contributed by atoms with E-state index in [1.54, 1.807) is 6.07 Å². The van der Waals surface area contributed by atoms with Crippen LogP contribution in [0.15, 0.2) is 16.7 Å². The van der Waals surface area contributed by atoms with Crippen LogP contribution in [0.5, 0.6) is 0 Å². The molecule has 0 amide bonds. The first-order valence-electron chi connectivity index (χ1n) is 3.73. The molecule has 0 radical (unpaired) electrons. The molecule has 0 spiro atoms. The van der Waals surface area contributed by atoms with Gasteiger partial charge in [0.25, 0.3) is 0 Å². The molecule has 0 aliphatic carbocycles. The van der Waals surface area contributed by atoms with Crippen molar-refractivity contribution >= 4 is 5.97 Å². The van der Waals surface area contributed by atoms with E-state index >= 15 is 0 Å². The lowest BCUT2D eigenvalue weighted by molar-refractivity contribution is 0.0662. The quantitative estimate of drug-likeness (QED) is 0.699. The van der Waals surface area contributed by atoms with Gasteiger partial charge in [-0.2, -0.15) is 0 Å². The zero-order valence-electron chi connectivity index (χ0n) is 7.42. The van der Waals surface area contributed by atoms with Crippen LogP contribution >= 0.6 is 0 Å². The van der Waals surface area contributed by atoms with E-state index in [4.69, 9.17) is 9.52 Å². The Morgan fingerprint density at radius 2 is 2.08 bits per heavy atom. The summed E-state index contributed by atoms with van der Waals surface area (Å²) in [5.74, 6) is -1.02. The molecular weight excluding hydrogens is 156 g/mol. The molecule has 0 aromatic carbocycles. The molecule has 1 heterocycles. The minimum atomic E-state index is -1.02. The highest BCUT2D eigenvalue weighted by Crippen LogP contribution is 2.23. The van der Waals surface area contributed by atoms with Crippen molar-refractivity contribution < 1.29 is 14.3 Å². The Kier molecular flexibility index (Phi) is 1.96. The summed E-state index contributed by atoms with van der Waals surface area (Å²) in [7, 11) is 0. The van der Waals surface area contributed by atoms with Gasteiger partial charge in [-0.05, 0) is 17.0 Å². The van der Waals surface area contributed by atoms with E-state index < -0.39 is 5.97 Å². The summed E-state index contributed by atoms with van der Waals surface area (Å²) in [5.41, 5.74) is 0.844. The lowest BCUT2D eigenvalue weighted by Gasteiger charge is -2.14. The van der Waals surface area contributed by atoms with Crippen LogP contribution in [0.4, 0.5) is 0 Å². The Balaban J connectivity index is 3.00. The van der Waals surface area contributed by atoms with Gasteiger partial charge in [-0.25, -0.2) is 4.79 Å². The molecule has 1 aromatic heterocycles. The van der Waals surface area contributed by atoms with Crippen LogP contribution in [-0.4, -0.2) is 11.1 Å². The summed E-state index contributed by atoms with van der Waals surface area (Å²) in [6, 6.07) is 1.56. The maximum atomic E-state index is 10.4. The number of carboxylic acids is 1. The van der Waals surface area contributed by atoms with Crippen LogP contribution in [0.25, 0.3) is 0 Å². The number of aromatic carboxylic acids is 1. The van der Waals surface area contributed by atoms with E-state index in [0.29, 0.717) is 0 Å². The second-order valence-corrected chi connectivity index (χ2v) is 3.75. The van der Waals surface area contributed by atoms with E-state index in [-0.39, 0.29) is 11.2 Å². The molecule has 0 atom stereocenters. The molecule has 0 saturated heterocycles. The summed E-state index contributed by atoms with van der Waals surface area (Å²) in [4.78, 5) is 10.4. The highest BCUT2D eigenvalue weighted by Gasteiger charge is 2.18. The van der Waals surface area contributed by atoms with Crippen molar-refractivity contribution in [2.75, 3.05) is 0 Å². The van der Waals surface area contributed by atoms with E-state index in [9.17, 15) is 4.79 Å². The molecule has 1 N–H and O–H groups in total. The predicted octanol–water partition coefficient (Wildman–Crippen LogP) is 2.28. The molecule has 0 aliphatic rings. The first-order chi connectivity index (χ1) is 5.41. The molecule has 0 fully saturated rings. The summed E-state index contributed by atoms with van der Waals surface area (Å²) < 4.78 is 4.85. The van der Waals surface area contributed by atoms with Crippen LogP contribution in [0.2, 0.25) is 0 Å². The van der Waals surface area contributed by atoms with Crippen LogP contribution in [0.3, 0.4) is 0 Å². The monoisotopic (exact) mass is 168 g/mol. The van der Waals surface area contributed by atoms with Crippen molar-refractivity contribution in [1.82, 2.24) is 0 Å². The number of carbonyl (C=O) groups is 1. The zero-order chi connectivity index (χ0) is 9.35. The third-order valence-electron chi connectivity index (χ3n) is 1.68. The summed E-state index contributed by atoms with van der Waals surface area (Å²) in [5, 5.41) is 8.57. The fourth-order valence-electron chi connectivity index (χ4n) is 0.842. The first kappa shape index (κ1) is 8.84. The van der Waals surface area contributed by atoms with Gasteiger partial charge in [-0.1, -0.05) is 20.8 Å². The lowest BCUT2D eigenvalue weighted by Crippen LogP contribution is -2.09. The van der Waals surface area contributed by atoms with Crippen molar-refractivity contribution in [3.63, 3.8) is 0 Å². The topological polar surface area (TPSA) is 50.4 Å². The van der Waals surface area contributed by atoms with Crippen LogP contribution < -0.4 is 0 Å². The molecular formula is C9H12O3. The second-order valence-electron chi connectivity index (χ2n) is 3.75. The number of hydrogen-bond acceptors (Lipinski definition) is 2. The van der Waals surface area contributed by atoms with E-state index in [0.717, 1.165) is 5.56 Å². The fraction of sp³-hybridized carbons (Fsp3) is 0.444. The Morgan fingerprint density at radius 3 is 2.33 bits per heavy atom. The smallest absolute Gasteiger partial charge is 0.371 e. The molecule has 3 heteroatoms. The van der Waals surface area contributed by atoms with Gasteiger partial charge in [0.1, 0.15) is 0 Å². The standard InChI is InChI=1S/C9H12O3/c1-9(2,3)6-4-7(8(10)11)12-5-6/h4-5H,1-3H3,(H,10,11). The van der Waals surface area contributed by atoms with Crippen LogP contribution in [-0.2, 0) is 5.41 Å². The molecule has 0 unspecified atom stereocenters. The van der Waals surface area contributed by atoms with E-state index in [2.05, 4.69) is 0 Å². The van der Waals surface area contributed by atoms with Gasteiger partial charge < -0.3 is 9.52 Å². The Hall–Kier alpha value is -1.25. The number of furan rings is 1. The van der Waals surface area contributed by atoms with Crippen molar-refractivity contribution in [2.24, 2.45) is 0 Å². The number of rotatable bonds is 1. The maximum Gasteiger partial charge on any atom is 0.371 e. The summed E-state index contributed by atoms with van der Waals surface area (Å²) >= 11 is 0. The molecule has 3 nitrogen and oxygen atoms in total. The largest absolute Gasteiger partial charge is 0.475 e. The predicted molar refractivity (Wildman–Crippen MR) is 44.4 cm³/mol. The van der Waals surface area contributed by atoms with Crippen LogP contribution in [0.1, 0.15) is 36.9 Å². The highest BCUT2D eigenvalue weighted by molar-refractivity contribution is 5.84. The SMILES string of the molecule is CC(C)(C)c1coc(C(=O)O)c1. The van der Waals surface area contributed by atoms with Crippen molar-refractivity contribution in [2.45, 2.75) is 26.2 Å². The molecule has 12 heavy (non-hydrogen) atoms. The third-order valence-corrected chi connectivity index (χ3v) is 1.68. The van der Waals surface area contributed by atoms with Crippen LogP contribution in [0, 0.1) is 0 Å². The van der Waals surface area contributed by atoms with E-state index in [1.807, 2.05) is 20.8 Å². The normalized spacial score (nSPS) is 11.6. The molecule has 0 saturated carbocycles. The van der Waals surface area contributed by atoms with Gasteiger partial charge in [0.2, 0.25) is 5.76 Å². The molecule has 0 aliphatic heterocycles. The lowest BCUT2D eigenvalue weighted by atomic mass is 9.89. The van der Waals surface area contributed by atoms with Crippen molar-refractivity contribution in [1.29, 1.82) is 0 Å². The van der Waals surface area contributed by atoms with Gasteiger partial charge >= 0.3 is 5.97 Å². The third kappa shape index (κ3) is 1.67. The average Bonchev–Trinajstić information content (AvgIpc) is 2.30. The Morgan fingerprint density at radius 1 is 1.50 bits per heavy atom. The first-order valence-corrected chi connectivity index (χ1v) is 3.73. The minimum Gasteiger partial charge on any atom is -0.475 e. The van der Waals surface area contributed by atoms with Crippen molar-refractivity contribution in [3.8, 4) is 0 Å². The number of carboxylic acid groups (broad SMARTS) is 1. The van der Waals surface area contributed by atoms with Gasteiger partial charge in [0, 0.05) is 0 Å². The second kappa shape index (κ2) is 2.66. The highest BCUT2D eigenvalue weighted by atomic mass is 16.4. The zero-order valence-corrected chi connectivity index (χ0v) is 7.42. The van der Waals surface area contributed by atoms with Crippen molar-refractivity contribution in [3.05, 3.63) is 23.7 Å². The van der Waals surface area contributed by atoms with Gasteiger partial charge in [0.05, 0.1) is 6.26 Å². The Labute approximate surface area is 71.0 Å². The minimum absolute atomic E-state index is 0.0000694. The average molecular weight is 168 g/mol.